The number of hydrogen-bond donors (Lipinski definition) is 3. The van der Waals surface area contributed by atoms with Gasteiger partial charge >= 0.3 is 0 Å². The number of carbonyl (C=O) groups is 2. The van der Waals surface area contributed by atoms with E-state index in [2.05, 4.69) is 68.8 Å². The molecule has 1 saturated carbocycles. The van der Waals surface area contributed by atoms with Crippen molar-refractivity contribution in [2.45, 2.75) is 76.7 Å². The van der Waals surface area contributed by atoms with E-state index >= 15 is 0 Å². The SMILES string of the molecule is CC(C)(C)c1ccc2c(c1)C(=O)NC1(CC1CC(C)(C)c1ccc3c(c1)CCCN3)C(=O)N2. The van der Waals surface area contributed by atoms with Crippen LogP contribution in [0.4, 0.5) is 11.4 Å². The van der Waals surface area contributed by atoms with Gasteiger partial charge in [0.25, 0.3) is 5.91 Å². The van der Waals surface area contributed by atoms with Crippen LogP contribution in [-0.4, -0.2) is 23.9 Å². The highest BCUT2D eigenvalue weighted by Crippen LogP contribution is 2.52. The van der Waals surface area contributed by atoms with Crippen molar-refractivity contribution in [3.8, 4) is 0 Å². The minimum atomic E-state index is -0.814. The molecular formula is C28H35N3O2. The Morgan fingerprint density at radius 3 is 2.45 bits per heavy atom. The highest BCUT2D eigenvalue weighted by molar-refractivity contribution is 6.13. The van der Waals surface area contributed by atoms with Crippen molar-refractivity contribution < 1.29 is 9.59 Å². The lowest BCUT2D eigenvalue weighted by molar-refractivity contribution is -0.119. The standard InChI is InChI=1S/C28H35N3O2/c1-26(2,3)18-8-11-23-21(14-18)24(32)31-28(25(33)30-23)16-20(28)15-27(4,5)19-9-10-22-17(13-19)7-6-12-29-22/h8-11,13-14,20,29H,6-7,12,15-16H2,1-5H3,(H,30,33)(H,31,32). The van der Waals surface area contributed by atoms with E-state index in [-0.39, 0.29) is 28.6 Å². The molecule has 2 aromatic rings. The van der Waals surface area contributed by atoms with Gasteiger partial charge in [0.2, 0.25) is 5.91 Å². The average Bonchev–Trinajstić information content (AvgIpc) is 3.46. The van der Waals surface area contributed by atoms with E-state index in [1.807, 2.05) is 18.2 Å². The van der Waals surface area contributed by atoms with Gasteiger partial charge < -0.3 is 16.0 Å². The van der Waals surface area contributed by atoms with Gasteiger partial charge in [-0.05, 0) is 77.3 Å². The third-order valence-corrected chi connectivity index (χ3v) is 7.81. The molecule has 2 unspecified atom stereocenters. The molecule has 0 radical (unpaired) electrons. The van der Waals surface area contributed by atoms with Gasteiger partial charge in [0.15, 0.2) is 0 Å². The summed E-state index contributed by atoms with van der Waals surface area (Å²) in [6.07, 6.45) is 3.79. The van der Waals surface area contributed by atoms with E-state index in [9.17, 15) is 9.59 Å². The Kier molecular flexibility index (Phi) is 4.89. The summed E-state index contributed by atoms with van der Waals surface area (Å²) in [4.78, 5) is 26.5. The summed E-state index contributed by atoms with van der Waals surface area (Å²) >= 11 is 0. The molecule has 2 aromatic carbocycles. The quantitative estimate of drug-likeness (QED) is 0.612. The van der Waals surface area contributed by atoms with Gasteiger partial charge in [-0.1, -0.05) is 52.8 Å². The summed E-state index contributed by atoms with van der Waals surface area (Å²) in [5, 5.41) is 9.66. The predicted molar refractivity (Wildman–Crippen MR) is 133 cm³/mol. The number of fused-ring (bicyclic) bond motifs is 2. The topological polar surface area (TPSA) is 70.2 Å². The molecule has 3 aliphatic rings. The van der Waals surface area contributed by atoms with E-state index < -0.39 is 5.54 Å². The summed E-state index contributed by atoms with van der Waals surface area (Å²) in [7, 11) is 0. The zero-order valence-electron chi connectivity index (χ0n) is 20.4. The largest absolute Gasteiger partial charge is 0.385 e. The number of benzene rings is 2. The lowest BCUT2D eigenvalue weighted by Gasteiger charge is -2.29. The molecule has 5 heteroatoms. The second kappa shape index (κ2) is 7.34. The molecule has 2 atom stereocenters. The van der Waals surface area contributed by atoms with Crippen LogP contribution in [0.1, 0.15) is 80.9 Å². The van der Waals surface area contributed by atoms with E-state index in [1.54, 1.807) is 0 Å². The van der Waals surface area contributed by atoms with Gasteiger partial charge in [0, 0.05) is 12.2 Å². The normalized spacial score (nSPS) is 24.2. The average molecular weight is 446 g/mol. The number of rotatable bonds is 3. The van der Waals surface area contributed by atoms with Crippen LogP contribution < -0.4 is 16.0 Å². The molecule has 5 nitrogen and oxygen atoms in total. The number of aryl methyl sites for hydroxylation is 1. The summed E-state index contributed by atoms with van der Waals surface area (Å²) in [5.41, 5.74) is 5.18. The summed E-state index contributed by atoms with van der Waals surface area (Å²) < 4.78 is 0. The Balaban J connectivity index is 1.37. The minimum Gasteiger partial charge on any atom is -0.385 e. The van der Waals surface area contributed by atoms with E-state index in [4.69, 9.17) is 0 Å². The molecule has 0 saturated heterocycles. The van der Waals surface area contributed by atoms with Crippen molar-refractivity contribution in [3.63, 3.8) is 0 Å². The fourth-order valence-corrected chi connectivity index (χ4v) is 5.51. The van der Waals surface area contributed by atoms with Crippen LogP contribution in [0.3, 0.4) is 0 Å². The minimum absolute atomic E-state index is 0.0696. The molecule has 174 valence electrons. The molecular weight excluding hydrogens is 410 g/mol. The Morgan fingerprint density at radius 1 is 0.970 bits per heavy atom. The fourth-order valence-electron chi connectivity index (χ4n) is 5.51. The maximum absolute atomic E-state index is 13.3. The van der Waals surface area contributed by atoms with Crippen LogP contribution in [0.5, 0.6) is 0 Å². The first-order valence-electron chi connectivity index (χ1n) is 12.2. The molecule has 5 rings (SSSR count). The molecule has 2 heterocycles. The first-order valence-corrected chi connectivity index (χ1v) is 12.2. The van der Waals surface area contributed by atoms with Gasteiger partial charge in [-0.25, -0.2) is 0 Å². The molecule has 2 amide bonds. The van der Waals surface area contributed by atoms with Crippen LogP contribution in [0.15, 0.2) is 36.4 Å². The second-order valence-electron chi connectivity index (χ2n) is 11.8. The van der Waals surface area contributed by atoms with Crippen LogP contribution >= 0.6 is 0 Å². The van der Waals surface area contributed by atoms with Gasteiger partial charge in [0.1, 0.15) is 5.54 Å². The van der Waals surface area contributed by atoms with E-state index in [0.717, 1.165) is 31.4 Å². The first kappa shape index (κ1) is 22.0. The second-order valence-corrected chi connectivity index (χ2v) is 11.8. The lowest BCUT2D eigenvalue weighted by Crippen LogP contribution is -2.46. The van der Waals surface area contributed by atoms with E-state index in [1.165, 1.54) is 16.8 Å². The van der Waals surface area contributed by atoms with Crippen molar-refractivity contribution >= 4 is 23.2 Å². The third-order valence-electron chi connectivity index (χ3n) is 7.81. The number of hydrogen-bond acceptors (Lipinski definition) is 3. The first-order chi connectivity index (χ1) is 15.5. The number of nitrogens with one attached hydrogen (secondary N) is 3. The van der Waals surface area contributed by atoms with Crippen molar-refractivity contribution in [3.05, 3.63) is 58.7 Å². The van der Waals surface area contributed by atoms with Crippen LogP contribution in [0.2, 0.25) is 0 Å². The Bertz CT molecular complexity index is 1140. The number of amides is 2. The highest BCUT2D eigenvalue weighted by atomic mass is 16.2. The molecule has 2 aliphatic heterocycles. The van der Waals surface area contributed by atoms with E-state index in [0.29, 0.717) is 17.7 Å². The van der Waals surface area contributed by atoms with Gasteiger partial charge in [0.05, 0.1) is 11.3 Å². The smallest absolute Gasteiger partial charge is 0.254 e. The lowest BCUT2D eigenvalue weighted by atomic mass is 9.78. The summed E-state index contributed by atoms with van der Waals surface area (Å²) in [6.45, 7) is 11.9. The summed E-state index contributed by atoms with van der Waals surface area (Å²) in [6, 6.07) is 12.5. The predicted octanol–water partition coefficient (Wildman–Crippen LogP) is 5.15. The molecule has 33 heavy (non-hydrogen) atoms. The third kappa shape index (κ3) is 3.81. The molecule has 1 aliphatic carbocycles. The zero-order chi connectivity index (χ0) is 23.6. The fraction of sp³-hybridized carbons (Fsp3) is 0.500. The van der Waals surface area contributed by atoms with Crippen molar-refractivity contribution in [1.29, 1.82) is 0 Å². The Hall–Kier alpha value is -2.82. The molecule has 0 bridgehead atoms. The Morgan fingerprint density at radius 2 is 1.70 bits per heavy atom. The zero-order valence-corrected chi connectivity index (χ0v) is 20.4. The van der Waals surface area contributed by atoms with Crippen molar-refractivity contribution in [2.24, 2.45) is 5.92 Å². The summed E-state index contributed by atoms with van der Waals surface area (Å²) in [5.74, 6) is -0.134. The highest BCUT2D eigenvalue weighted by Gasteiger charge is 2.63. The van der Waals surface area contributed by atoms with Gasteiger partial charge in [-0.15, -0.1) is 0 Å². The number of anilines is 2. The van der Waals surface area contributed by atoms with Gasteiger partial charge in [-0.2, -0.15) is 0 Å². The number of carbonyl (C=O) groups excluding carboxylic acids is 2. The Labute approximate surface area is 196 Å². The van der Waals surface area contributed by atoms with Crippen LogP contribution in [0.25, 0.3) is 0 Å². The maximum atomic E-state index is 13.3. The molecule has 1 spiro atoms. The maximum Gasteiger partial charge on any atom is 0.254 e. The molecule has 0 aromatic heterocycles. The molecule has 1 fully saturated rings. The van der Waals surface area contributed by atoms with Crippen LogP contribution in [0, 0.1) is 5.92 Å². The van der Waals surface area contributed by atoms with Crippen molar-refractivity contribution in [1.82, 2.24) is 5.32 Å². The van der Waals surface area contributed by atoms with Crippen LogP contribution in [-0.2, 0) is 22.0 Å². The monoisotopic (exact) mass is 445 g/mol. The van der Waals surface area contributed by atoms with Gasteiger partial charge in [-0.3, -0.25) is 9.59 Å². The molecule has 3 N–H and O–H groups in total. The van der Waals surface area contributed by atoms with Crippen molar-refractivity contribution in [2.75, 3.05) is 17.2 Å².